The number of β-amino-alcohol motifs (C(OH)–C–C–N with tert-alkyl or cyclic N) is 1. The molecular formula is C25H36N4O4. The van der Waals surface area contributed by atoms with Crippen LogP contribution in [0, 0.1) is 0 Å². The van der Waals surface area contributed by atoms with E-state index in [1.807, 2.05) is 37.3 Å². The van der Waals surface area contributed by atoms with Crippen LogP contribution >= 0.6 is 0 Å². The Balaban J connectivity index is 1.26. The zero-order chi connectivity index (χ0) is 22.9. The Morgan fingerprint density at radius 3 is 2.79 bits per heavy atom. The van der Waals surface area contributed by atoms with E-state index >= 15 is 0 Å². The van der Waals surface area contributed by atoms with Crippen LogP contribution in [0.1, 0.15) is 18.9 Å². The second-order valence-electron chi connectivity index (χ2n) is 8.70. The minimum Gasteiger partial charge on any atom is -0.490 e. The minimum absolute atomic E-state index is 0.526. The fourth-order valence-corrected chi connectivity index (χ4v) is 4.34. The van der Waals surface area contributed by atoms with Gasteiger partial charge in [-0.3, -0.25) is 4.90 Å². The smallest absolute Gasteiger partial charge is 0.161 e. The summed E-state index contributed by atoms with van der Waals surface area (Å²) < 4.78 is 17.3. The number of nitrogens with one attached hydrogen (secondary N) is 1. The molecule has 3 heterocycles. The molecule has 1 aromatic heterocycles. The molecule has 33 heavy (non-hydrogen) atoms. The van der Waals surface area contributed by atoms with Crippen molar-refractivity contribution >= 4 is 5.82 Å². The minimum atomic E-state index is -0.761. The van der Waals surface area contributed by atoms with E-state index in [1.54, 1.807) is 6.20 Å². The molecule has 0 aliphatic carbocycles. The van der Waals surface area contributed by atoms with Crippen LogP contribution in [0.15, 0.2) is 42.6 Å². The third kappa shape index (κ3) is 6.80. The molecular weight excluding hydrogens is 420 g/mol. The fourth-order valence-electron chi connectivity index (χ4n) is 4.34. The SMILES string of the molecule is CCOc1cc(CNC[C@]2(O)CCN(c3ccccn3)C2)ccc1OCCN1CCOCC1. The van der Waals surface area contributed by atoms with Gasteiger partial charge in [0, 0.05) is 52.0 Å². The van der Waals surface area contributed by atoms with Gasteiger partial charge >= 0.3 is 0 Å². The van der Waals surface area contributed by atoms with Gasteiger partial charge in [-0.15, -0.1) is 0 Å². The van der Waals surface area contributed by atoms with E-state index in [0.29, 0.717) is 32.8 Å². The van der Waals surface area contributed by atoms with Gasteiger partial charge in [0.2, 0.25) is 0 Å². The first-order chi connectivity index (χ1) is 16.1. The molecule has 0 radical (unpaired) electrons. The summed E-state index contributed by atoms with van der Waals surface area (Å²) in [5.41, 5.74) is 0.338. The van der Waals surface area contributed by atoms with E-state index in [2.05, 4.69) is 26.2 Å². The first-order valence-corrected chi connectivity index (χ1v) is 11.9. The molecule has 0 spiro atoms. The van der Waals surface area contributed by atoms with Crippen molar-refractivity contribution in [2.45, 2.75) is 25.5 Å². The monoisotopic (exact) mass is 456 g/mol. The van der Waals surface area contributed by atoms with E-state index in [1.165, 1.54) is 0 Å². The van der Waals surface area contributed by atoms with Crippen LogP contribution in [0.5, 0.6) is 11.5 Å². The molecule has 2 aliphatic rings. The van der Waals surface area contributed by atoms with Crippen molar-refractivity contribution in [1.82, 2.24) is 15.2 Å². The number of rotatable bonds is 11. The molecule has 1 aromatic carbocycles. The van der Waals surface area contributed by atoms with E-state index in [-0.39, 0.29) is 0 Å². The van der Waals surface area contributed by atoms with Crippen LogP contribution in [-0.4, -0.2) is 86.3 Å². The van der Waals surface area contributed by atoms with Gasteiger partial charge in [0.1, 0.15) is 12.4 Å². The van der Waals surface area contributed by atoms with Gasteiger partial charge in [0.25, 0.3) is 0 Å². The molecule has 2 saturated heterocycles. The Bertz CT molecular complexity index is 863. The third-order valence-electron chi connectivity index (χ3n) is 6.17. The summed E-state index contributed by atoms with van der Waals surface area (Å²) in [4.78, 5) is 8.89. The normalized spacial score (nSPS) is 21.3. The number of aliphatic hydroxyl groups is 1. The average molecular weight is 457 g/mol. The van der Waals surface area contributed by atoms with Gasteiger partial charge in [-0.05, 0) is 43.2 Å². The van der Waals surface area contributed by atoms with Crippen LogP contribution in [0.4, 0.5) is 5.82 Å². The van der Waals surface area contributed by atoms with E-state index in [4.69, 9.17) is 14.2 Å². The molecule has 0 amide bonds. The Kier molecular flexibility index (Phi) is 8.39. The molecule has 0 bridgehead atoms. The van der Waals surface area contributed by atoms with Crippen molar-refractivity contribution in [3.8, 4) is 11.5 Å². The van der Waals surface area contributed by atoms with Crippen LogP contribution < -0.4 is 19.7 Å². The molecule has 4 rings (SSSR count). The van der Waals surface area contributed by atoms with Crippen LogP contribution in [0.3, 0.4) is 0 Å². The molecule has 0 saturated carbocycles. The van der Waals surface area contributed by atoms with Gasteiger partial charge in [-0.25, -0.2) is 4.98 Å². The van der Waals surface area contributed by atoms with E-state index < -0.39 is 5.60 Å². The highest BCUT2D eigenvalue weighted by Gasteiger charge is 2.36. The largest absolute Gasteiger partial charge is 0.490 e. The lowest BCUT2D eigenvalue weighted by atomic mass is 10.0. The summed E-state index contributed by atoms with van der Waals surface area (Å²) in [6.07, 6.45) is 2.51. The molecule has 2 N–H and O–H groups in total. The maximum Gasteiger partial charge on any atom is 0.161 e. The van der Waals surface area contributed by atoms with Crippen molar-refractivity contribution in [3.63, 3.8) is 0 Å². The highest BCUT2D eigenvalue weighted by atomic mass is 16.5. The number of pyridine rings is 1. The first-order valence-electron chi connectivity index (χ1n) is 11.9. The fraction of sp³-hybridized carbons (Fsp3) is 0.560. The molecule has 2 aliphatic heterocycles. The number of nitrogens with zero attached hydrogens (tertiary/aromatic N) is 3. The summed E-state index contributed by atoms with van der Waals surface area (Å²) in [6.45, 7) is 10.1. The van der Waals surface area contributed by atoms with Gasteiger partial charge < -0.3 is 29.5 Å². The topological polar surface area (TPSA) is 79.3 Å². The highest BCUT2D eigenvalue weighted by molar-refractivity contribution is 5.43. The van der Waals surface area contributed by atoms with E-state index in [0.717, 1.165) is 68.7 Å². The van der Waals surface area contributed by atoms with Crippen molar-refractivity contribution < 1.29 is 19.3 Å². The standard InChI is InChI=1S/C25H36N4O4/c1-2-32-23-17-21(6-7-22(23)33-16-13-28-11-14-31-15-12-28)18-26-19-25(30)8-10-29(20-25)24-5-3-4-9-27-24/h3-7,9,17,26,30H,2,8,10-16,18-20H2,1H3/t25-/m1/s1. The summed E-state index contributed by atoms with van der Waals surface area (Å²) in [5.74, 6) is 2.45. The van der Waals surface area contributed by atoms with Crippen molar-refractivity contribution in [3.05, 3.63) is 48.2 Å². The maximum absolute atomic E-state index is 11.0. The highest BCUT2D eigenvalue weighted by Crippen LogP contribution is 2.29. The lowest BCUT2D eigenvalue weighted by Crippen LogP contribution is -2.43. The summed E-state index contributed by atoms with van der Waals surface area (Å²) in [6, 6.07) is 11.9. The Hall–Kier alpha value is -2.39. The lowest BCUT2D eigenvalue weighted by Gasteiger charge is -2.26. The number of ether oxygens (including phenoxy) is 3. The second-order valence-corrected chi connectivity index (χ2v) is 8.70. The Labute approximate surface area is 196 Å². The predicted octanol–water partition coefficient (Wildman–Crippen LogP) is 1.92. The van der Waals surface area contributed by atoms with E-state index in [9.17, 15) is 5.11 Å². The second kappa shape index (κ2) is 11.7. The molecule has 8 heteroatoms. The number of anilines is 1. The number of hydrogen-bond acceptors (Lipinski definition) is 8. The lowest BCUT2D eigenvalue weighted by molar-refractivity contribution is 0.0320. The summed E-state index contributed by atoms with van der Waals surface area (Å²) >= 11 is 0. The summed E-state index contributed by atoms with van der Waals surface area (Å²) in [5, 5.41) is 14.4. The number of hydrogen-bond donors (Lipinski definition) is 2. The van der Waals surface area contributed by atoms with Crippen LogP contribution in [0.25, 0.3) is 0 Å². The molecule has 0 unspecified atom stereocenters. The van der Waals surface area contributed by atoms with Crippen molar-refractivity contribution in [2.24, 2.45) is 0 Å². The predicted molar refractivity (Wildman–Crippen MR) is 128 cm³/mol. The number of benzene rings is 1. The zero-order valence-corrected chi connectivity index (χ0v) is 19.5. The molecule has 180 valence electrons. The third-order valence-corrected chi connectivity index (χ3v) is 6.17. The molecule has 2 fully saturated rings. The molecule has 8 nitrogen and oxygen atoms in total. The van der Waals surface area contributed by atoms with Crippen LogP contribution in [0.2, 0.25) is 0 Å². The quantitative estimate of drug-likeness (QED) is 0.531. The average Bonchev–Trinajstić information content (AvgIpc) is 3.24. The number of aromatic nitrogens is 1. The van der Waals surface area contributed by atoms with Crippen molar-refractivity contribution in [2.75, 3.05) is 70.6 Å². The molecule has 1 atom stereocenters. The molecule has 2 aromatic rings. The zero-order valence-electron chi connectivity index (χ0n) is 19.5. The summed E-state index contributed by atoms with van der Waals surface area (Å²) in [7, 11) is 0. The van der Waals surface area contributed by atoms with Crippen LogP contribution in [-0.2, 0) is 11.3 Å². The van der Waals surface area contributed by atoms with Crippen molar-refractivity contribution in [1.29, 1.82) is 0 Å². The first kappa shape index (κ1) is 23.8. The maximum atomic E-state index is 11.0. The van der Waals surface area contributed by atoms with Gasteiger partial charge in [-0.2, -0.15) is 0 Å². The number of morpholine rings is 1. The van der Waals surface area contributed by atoms with Gasteiger partial charge in [-0.1, -0.05) is 12.1 Å². The Morgan fingerprint density at radius 2 is 2.00 bits per heavy atom. The Morgan fingerprint density at radius 1 is 1.12 bits per heavy atom. The van der Waals surface area contributed by atoms with Gasteiger partial charge in [0.05, 0.1) is 25.4 Å². The van der Waals surface area contributed by atoms with Gasteiger partial charge in [0.15, 0.2) is 11.5 Å².